The monoisotopic (exact) mass is 202 g/mol. The first-order valence-corrected chi connectivity index (χ1v) is 6.26. The van der Waals surface area contributed by atoms with Gasteiger partial charge < -0.3 is 4.74 Å². The van der Waals surface area contributed by atoms with Crippen molar-refractivity contribution in [2.24, 2.45) is 23.2 Å². The standard InChI is InChI=1S/C14H18O/c1-3-15-14-10-4-5-12(14)13(14)7-6-9(2)11(13)8-10/h4-6,10-12H,3,7-8H2,1-2H3/t10-,11+,12+,13-,14-/m0/s1. The van der Waals surface area contributed by atoms with E-state index in [9.17, 15) is 0 Å². The van der Waals surface area contributed by atoms with Gasteiger partial charge in [-0.3, -0.25) is 0 Å². The Morgan fingerprint density at radius 3 is 3.13 bits per heavy atom. The van der Waals surface area contributed by atoms with Crippen LogP contribution in [-0.4, -0.2) is 12.2 Å². The van der Waals surface area contributed by atoms with Crippen LogP contribution in [0, 0.1) is 23.2 Å². The highest BCUT2D eigenvalue weighted by Gasteiger charge is 2.87. The molecule has 5 atom stereocenters. The van der Waals surface area contributed by atoms with Crippen molar-refractivity contribution >= 4 is 0 Å². The summed E-state index contributed by atoms with van der Waals surface area (Å²) in [6.45, 7) is 5.34. The minimum absolute atomic E-state index is 0.237. The molecule has 4 aliphatic rings. The summed E-state index contributed by atoms with van der Waals surface area (Å²) in [7, 11) is 0. The fourth-order valence-electron chi connectivity index (χ4n) is 5.13. The van der Waals surface area contributed by atoms with Gasteiger partial charge in [-0.2, -0.15) is 0 Å². The summed E-state index contributed by atoms with van der Waals surface area (Å²) in [5, 5.41) is 0. The van der Waals surface area contributed by atoms with Crippen LogP contribution >= 0.6 is 0 Å². The lowest BCUT2D eigenvalue weighted by atomic mass is 9.87. The maximum Gasteiger partial charge on any atom is 0.0885 e. The maximum absolute atomic E-state index is 6.21. The first-order valence-electron chi connectivity index (χ1n) is 6.26. The molecule has 0 radical (unpaired) electrons. The summed E-state index contributed by atoms with van der Waals surface area (Å²) in [5.74, 6) is 2.28. The van der Waals surface area contributed by atoms with E-state index >= 15 is 0 Å². The van der Waals surface area contributed by atoms with Gasteiger partial charge >= 0.3 is 0 Å². The summed E-state index contributed by atoms with van der Waals surface area (Å²) in [6, 6.07) is 0. The Balaban J connectivity index is 1.82. The molecule has 2 saturated carbocycles. The van der Waals surface area contributed by atoms with E-state index in [1.807, 2.05) is 0 Å². The quantitative estimate of drug-likeness (QED) is 0.626. The van der Waals surface area contributed by atoms with Gasteiger partial charge in [0, 0.05) is 23.9 Å². The number of allylic oxidation sites excluding steroid dienone is 2. The molecular formula is C14H18O. The summed E-state index contributed by atoms with van der Waals surface area (Å²) in [4.78, 5) is 0. The molecule has 0 saturated heterocycles. The molecular weight excluding hydrogens is 184 g/mol. The molecule has 0 aliphatic heterocycles. The molecule has 0 amide bonds. The zero-order chi connectivity index (χ0) is 10.3. The molecule has 4 aliphatic carbocycles. The van der Waals surface area contributed by atoms with Crippen molar-refractivity contribution in [3.8, 4) is 0 Å². The van der Waals surface area contributed by atoms with Gasteiger partial charge in [0.05, 0.1) is 5.60 Å². The average Bonchev–Trinajstić information content (AvgIpc) is 2.50. The van der Waals surface area contributed by atoms with Crippen LogP contribution in [0.15, 0.2) is 23.8 Å². The molecule has 80 valence electrons. The van der Waals surface area contributed by atoms with Crippen molar-refractivity contribution in [2.75, 3.05) is 6.61 Å². The molecule has 0 aromatic carbocycles. The van der Waals surface area contributed by atoms with Gasteiger partial charge in [-0.25, -0.2) is 0 Å². The van der Waals surface area contributed by atoms with Gasteiger partial charge in [-0.05, 0) is 32.6 Å². The molecule has 2 fully saturated rings. The highest BCUT2D eigenvalue weighted by atomic mass is 16.5. The van der Waals surface area contributed by atoms with Crippen molar-refractivity contribution in [3.63, 3.8) is 0 Å². The van der Waals surface area contributed by atoms with E-state index in [0.717, 1.165) is 24.4 Å². The first kappa shape index (κ1) is 8.58. The van der Waals surface area contributed by atoms with Crippen molar-refractivity contribution in [2.45, 2.75) is 32.3 Å². The van der Waals surface area contributed by atoms with Gasteiger partial charge in [0.1, 0.15) is 0 Å². The molecule has 0 heterocycles. The number of hydrogen-bond donors (Lipinski definition) is 0. The van der Waals surface area contributed by atoms with Crippen LogP contribution in [0.25, 0.3) is 0 Å². The average molecular weight is 202 g/mol. The Morgan fingerprint density at radius 2 is 2.33 bits per heavy atom. The Morgan fingerprint density at radius 1 is 1.47 bits per heavy atom. The Bertz CT molecular complexity index is 394. The second kappa shape index (κ2) is 2.24. The van der Waals surface area contributed by atoms with Crippen LogP contribution in [0.4, 0.5) is 0 Å². The molecule has 0 unspecified atom stereocenters. The van der Waals surface area contributed by atoms with Gasteiger partial charge in [0.25, 0.3) is 0 Å². The van der Waals surface area contributed by atoms with Crippen LogP contribution in [0.5, 0.6) is 0 Å². The van der Waals surface area contributed by atoms with E-state index < -0.39 is 0 Å². The zero-order valence-corrected chi connectivity index (χ0v) is 9.49. The van der Waals surface area contributed by atoms with Crippen LogP contribution in [0.1, 0.15) is 26.7 Å². The third kappa shape index (κ3) is 0.616. The summed E-state index contributed by atoms with van der Waals surface area (Å²) in [5.41, 5.74) is 2.38. The Hall–Kier alpha value is -0.560. The third-order valence-corrected chi connectivity index (χ3v) is 5.55. The van der Waals surface area contributed by atoms with E-state index in [1.54, 1.807) is 5.57 Å². The van der Waals surface area contributed by atoms with Crippen molar-refractivity contribution in [3.05, 3.63) is 23.8 Å². The van der Waals surface area contributed by atoms with E-state index in [-0.39, 0.29) is 5.60 Å². The zero-order valence-electron chi connectivity index (χ0n) is 9.49. The molecule has 0 aromatic heterocycles. The summed E-state index contributed by atoms with van der Waals surface area (Å²) in [6.07, 6.45) is 9.96. The lowest BCUT2D eigenvalue weighted by Gasteiger charge is -2.20. The van der Waals surface area contributed by atoms with Crippen molar-refractivity contribution in [1.82, 2.24) is 0 Å². The topological polar surface area (TPSA) is 9.23 Å². The number of rotatable bonds is 2. The smallest absolute Gasteiger partial charge is 0.0885 e. The Kier molecular flexibility index (Phi) is 1.28. The highest BCUT2D eigenvalue weighted by Crippen LogP contribution is 2.84. The fraction of sp³-hybridized carbons (Fsp3) is 0.714. The minimum Gasteiger partial charge on any atom is -0.373 e. The van der Waals surface area contributed by atoms with E-state index in [2.05, 4.69) is 32.1 Å². The lowest BCUT2D eigenvalue weighted by molar-refractivity contribution is -0.00149. The highest BCUT2D eigenvalue weighted by molar-refractivity contribution is 5.49. The van der Waals surface area contributed by atoms with Crippen LogP contribution < -0.4 is 0 Å². The second-order valence-electron chi connectivity index (χ2n) is 5.68. The van der Waals surface area contributed by atoms with Gasteiger partial charge in [0.15, 0.2) is 0 Å². The summed E-state index contributed by atoms with van der Waals surface area (Å²) < 4.78 is 6.21. The Labute approximate surface area is 91.2 Å². The van der Waals surface area contributed by atoms with Crippen LogP contribution in [0.3, 0.4) is 0 Å². The molecule has 1 spiro atoms. The molecule has 0 aromatic rings. The van der Waals surface area contributed by atoms with E-state index in [0.29, 0.717) is 5.41 Å². The van der Waals surface area contributed by atoms with Gasteiger partial charge in [-0.15, -0.1) is 0 Å². The van der Waals surface area contributed by atoms with E-state index in [1.165, 1.54) is 12.8 Å². The molecule has 4 rings (SSSR count). The predicted octanol–water partition coefficient (Wildman–Crippen LogP) is 2.93. The van der Waals surface area contributed by atoms with Crippen LogP contribution in [0.2, 0.25) is 0 Å². The molecule has 1 nitrogen and oxygen atoms in total. The van der Waals surface area contributed by atoms with Crippen LogP contribution in [-0.2, 0) is 4.74 Å². The molecule has 0 N–H and O–H groups in total. The van der Waals surface area contributed by atoms with Gasteiger partial charge in [-0.1, -0.05) is 23.8 Å². The molecule has 1 heteroatoms. The lowest BCUT2D eigenvalue weighted by Crippen LogP contribution is -2.25. The normalized spacial score (nSPS) is 58.0. The minimum atomic E-state index is 0.237. The van der Waals surface area contributed by atoms with Crippen molar-refractivity contribution in [1.29, 1.82) is 0 Å². The largest absolute Gasteiger partial charge is 0.373 e. The maximum atomic E-state index is 6.21. The van der Waals surface area contributed by atoms with Gasteiger partial charge in [0.2, 0.25) is 0 Å². The fourth-order valence-corrected chi connectivity index (χ4v) is 5.13. The predicted molar refractivity (Wildman–Crippen MR) is 59.4 cm³/mol. The SMILES string of the molecule is CCO[C@]12[C@@H]3C=C[C@H]1C[C@@H]1C(C)=CC[C@]132. The third-order valence-electron chi connectivity index (χ3n) is 5.55. The number of ether oxygens (including phenoxy) is 1. The molecule has 0 bridgehead atoms. The molecule has 15 heavy (non-hydrogen) atoms. The number of hydrogen-bond acceptors (Lipinski definition) is 1. The summed E-state index contributed by atoms with van der Waals surface area (Å²) >= 11 is 0. The second-order valence-corrected chi connectivity index (χ2v) is 5.68. The van der Waals surface area contributed by atoms with Crippen molar-refractivity contribution < 1.29 is 4.74 Å². The van der Waals surface area contributed by atoms with E-state index in [4.69, 9.17) is 4.74 Å². The first-order chi connectivity index (χ1) is 7.27.